The van der Waals surface area contributed by atoms with Gasteiger partial charge >= 0.3 is 5.97 Å². The fraction of sp³-hybridized carbons (Fsp3) is 0.111. The van der Waals surface area contributed by atoms with Crippen molar-refractivity contribution in [3.8, 4) is 11.5 Å². The van der Waals surface area contributed by atoms with Crippen LogP contribution < -0.4 is 9.47 Å². The van der Waals surface area contributed by atoms with E-state index in [0.717, 1.165) is 16.7 Å². The van der Waals surface area contributed by atoms with E-state index in [4.69, 9.17) is 14.3 Å². The van der Waals surface area contributed by atoms with Crippen molar-refractivity contribution in [2.24, 2.45) is 5.16 Å². The summed E-state index contributed by atoms with van der Waals surface area (Å²) in [6.07, 6.45) is 3.98. The Balaban J connectivity index is 1.69. The van der Waals surface area contributed by atoms with Crippen LogP contribution in [0, 0.1) is 5.82 Å². The van der Waals surface area contributed by atoms with Gasteiger partial charge in [-0.25, -0.2) is 9.18 Å². The molecular weight excluding hydrogens is 421 g/mol. The van der Waals surface area contributed by atoms with Crippen LogP contribution in [0.25, 0.3) is 6.08 Å². The molecule has 0 atom stereocenters. The van der Waals surface area contributed by atoms with Crippen LogP contribution >= 0.6 is 0 Å². The van der Waals surface area contributed by atoms with Gasteiger partial charge in [-0.3, -0.25) is 0 Å². The number of carbonyl (C=O) groups is 1. The minimum Gasteiger partial charge on any atom is -0.493 e. The number of ether oxygens (including phenoxy) is 2. The minimum atomic E-state index is -0.524. The van der Waals surface area contributed by atoms with E-state index in [1.54, 1.807) is 37.5 Å². The fourth-order valence-electron chi connectivity index (χ4n) is 3.55. The molecule has 0 radical (unpaired) electrons. The summed E-state index contributed by atoms with van der Waals surface area (Å²) in [4.78, 5) is 17.3. The number of rotatable bonds is 8. The number of allylic oxidation sites excluding steroid dienone is 1. The van der Waals surface area contributed by atoms with Crippen molar-refractivity contribution in [3.05, 3.63) is 113 Å². The average molecular weight is 443 g/mol. The number of nitrogens with zero attached hydrogens (tertiary/aromatic N) is 1. The first-order valence-electron chi connectivity index (χ1n) is 10.3. The molecule has 33 heavy (non-hydrogen) atoms. The van der Waals surface area contributed by atoms with Crippen LogP contribution in [0.2, 0.25) is 0 Å². The van der Waals surface area contributed by atoms with Crippen LogP contribution in [0.4, 0.5) is 4.39 Å². The summed E-state index contributed by atoms with van der Waals surface area (Å²) < 4.78 is 25.1. The Morgan fingerprint density at radius 2 is 1.91 bits per heavy atom. The number of methoxy groups -OCH3 is 1. The Morgan fingerprint density at radius 1 is 1.09 bits per heavy atom. The van der Waals surface area contributed by atoms with E-state index in [9.17, 15) is 9.18 Å². The van der Waals surface area contributed by atoms with Crippen molar-refractivity contribution in [2.45, 2.75) is 13.0 Å². The molecule has 3 aromatic rings. The lowest BCUT2D eigenvalue weighted by Gasteiger charge is -2.16. The third kappa shape index (κ3) is 5.01. The molecule has 0 spiro atoms. The predicted molar refractivity (Wildman–Crippen MR) is 125 cm³/mol. The van der Waals surface area contributed by atoms with E-state index in [0.29, 0.717) is 34.8 Å². The van der Waals surface area contributed by atoms with E-state index in [1.165, 1.54) is 12.1 Å². The summed E-state index contributed by atoms with van der Waals surface area (Å²) in [5.41, 5.74) is 3.84. The van der Waals surface area contributed by atoms with Gasteiger partial charge in [0.15, 0.2) is 11.5 Å². The number of halogens is 1. The number of benzene rings is 3. The molecule has 0 unspecified atom stereocenters. The van der Waals surface area contributed by atoms with Gasteiger partial charge in [-0.2, -0.15) is 0 Å². The first kappa shape index (κ1) is 22.0. The largest absolute Gasteiger partial charge is 0.493 e. The molecule has 0 saturated carbocycles. The van der Waals surface area contributed by atoms with Gasteiger partial charge < -0.3 is 14.3 Å². The molecule has 0 amide bonds. The zero-order valence-electron chi connectivity index (χ0n) is 18.1. The highest BCUT2D eigenvalue weighted by atomic mass is 19.1. The highest BCUT2D eigenvalue weighted by molar-refractivity contribution is 6.31. The van der Waals surface area contributed by atoms with Crippen molar-refractivity contribution < 1.29 is 23.5 Å². The molecule has 0 fully saturated rings. The first-order valence-corrected chi connectivity index (χ1v) is 10.3. The maximum atomic E-state index is 13.5. The van der Waals surface area contributed by atoms with Crippen LogP contribution in [-0.4, -0.2) is 18.8 Å². The molecule has 3 aromatic carbocycles. The molecular formula is C27H22FNO4. The second-order valence-electron chi connectivity index (χ2n) is 7.37. The zero-order valence-corrected chi connectivity index (χ0v) is 18.1. The Bertz CT molecular complexity index is 1250. The Hall–Kier alpha value is -4.19. The van der Waals surface area contributed by atoms with Crippen LogP contribution in [-0.2, 0) is 22.7 Å². The average Bonchev–Trinajstić information content (AvgIpc) is 3.19. The SMILES string of the molecule is C=CCc1cc(/C=C2\C(=O)ON=C2c2ccccc2)cc(OC)c1OCc1cccc(F)c1. The third-order valence-corrected chi connectivity index (χ3v) is 5.06. The topological polar surface area (TPSA) is 57.1 Å². The van der Waals surface area contributed by atoms with Gasteiger partial charge in [0.05, 0.1) is 12.7 Å². The number of oxime groups is 1. The van der Waals surface area contributed by atoms with E-state index < -0.39 is 5.97 Å². The van der Waals surface area contributed by atoms with Crippen molar-refractivity contribution in [1.82, 2.24) is 0 Å². The first-order chi connectivity index (χ1) is 16.1. The highest BCUT2D eigenvalue weighted by Crippen LogP contribution is 2.35. The summed E-state index contributed by atoms with van der Waals surface area (Å²) in [5, 5.41) is 3.95. The van der Waals surface area contributed by atoms with Crippen molar-refractivity contribution >= 4 is 17.8 Å². The molecule has 0 aromatic heterocycles. The van der Waals surface area contributed by atoms with Crippen molar-refractivity contribution in [2.75, 3.05) is 7.11 Å². The van der Waals surface area contributed by atoms with E-state index in [2.05, 4.69) is 11.7 Å². The van der Waals surface area contributed by atoms with Crippen LogP contribution in [0.3, 0.4) is 0 Å². The van der Waals surface area contributed by atoms with Crippen molar-refractivity contribution in [1.29, 1.82) is 0 Å². The van der Waals surface area contributed by atoms with E-state index in [-0.39, 0.29) is 12.4 Å². The standard InChI is InChI=1S/C27H22FNO4/c1-3-8-21-13-19(15-23-25(29-33-27(23)30)20-10-5-4-6-11-20)16-24(31-2)26(21)32-17-18-9-7-12-22(28)14-18/h3-7,9-16H,1,8,17H2,2H3/b23-15-. The normalized spacial score (nSPS) is 14.1. The molecule has 1 heterocycles. The van der Waals surface area contributed by atoms with Gasteiger partial charge in [-0.1, -0.05) is 53.7 Å². The summed E-state index contributed by atoms with van der Waals surface area (Å²) in [6, 6.07) is 19.3. The molecule has 5 nitrogen and oxygen atoms in total. The number of hydrogen-bond acceptors (Lipinski definition) is 5. The maximum Gasteiger partial charge on any atom is 0.368 e. The Morgan fingerprint density at radius 3 is 2.64 bits per heavy atom. The molecule has 166 valence electrons. The van der Waals surface area contributed by atoms with Gasteiger partial charge in [0.25, 0.3) is 0 Å². The van der Waals surface area contributed by atoms with Gasteiger partial charge in [-0.15, -0.1) is 6.58 Å². The van der Waals surface area contributed by atoms with Gasteiger partial charge in [0, 0.05) is 11.1 Å². The number of hydrogen-bond donors (Lipinski definition) is 0. The molecule has 6 heteroatoms. The monoisotopic (exact) mass is 443 g/mol. The lowest BCUT2D eigenvalue weighted by atomic mass is 9.99. The van der Waals surface area contributed by atoms with Crippen molar-refractivity contribution in [3.63, 3.8) is 0 Å². The van der Waals surface area contributed by atoms with Crippen LogP contribution in [0.15, 0.2) is 90.1 Å². The molecule has 1 aliphatic rings. The summed E-state index contributed by atoms with van der Waals surface area (Å²) in [5.74, 6) is 0.178. The second kappa shape index (κ2) is 9.96. The van der Waals surface area contributed by atoms with Gasteiger partial charge in [0.2, 0.25) is 0 Å². The Kier molecular flexibility index (Phi) is 6.64. The zero-order chi connectivity index (χ0) is 23.2. The second-order valence-corrected chi connectivity index (χ2v) is 7.37. The van der Waals surface area contributed by atoms with Crippen LogP contribution in [0.1, 0.15) is 22.3 Å². The molecule has 1 aliphatic heterocycles. The molecule has 0 bridgehead atoms. The predicted octanol–water partition coefficient (Wildman–Crippen LogP) is 5.49. The number of carbonyl (C=O) groups excluding carboxylic acids is 1. The quantitative estimate of drug-likeness (QED) is 0.263. The maximum absolute atomic E-state index is 13.5. The lowest BCUT2D eigenvalue weighted by Crippen LogP contribution is -2.07. The molecule has 4 rings (SSSR count). The minimum absolute atomic E-state index is 0.176. The highest BCUT2D eigenvalue weighted by Gasteiger charge is 2.27. The summed E-state index contributed by atoms with van der Waals surface area (Å²) in [7, 11) is 1.54. The third-order valence-electron chi connectivity index (χ3n) is 5.06. The van der Waals surface area contributed by atoms with Crippen LogP contribution in [0.5, 0.6) is 11.5 Å². The smallest absolute Gasteiger partial charge is 0.368 e. The van der Waals surface area contributed by atoms with Gasteiger partial charge in [-0.05, 0) is 47.9 Å². The van der Waals surface area contributed by atoms with E-state index >= 15 is 0 Å². The van der Waals surface area contributed by atoms with E-state index in [1.807, 2.05) is 36.4 Å². The molecule has 0 aliphatic carbocycles. The molecule has 0 N–H and O–H groups in total. The molecule has 0 saturated heterocycles. The lowest BCUT2D eigenvalue weighted by molar-refractivity contribution is -0.136. The summed E-state index contributed by atoms with van der Waals surface area (Å²) in [6.45, 7) is 4.00. The summed E-state index contributed by atoms with van der Waals surface area (Å²) >= 11 is 0. The fourth-order valence-corrected chi connectivity index (χ4v) is 3.55. The Labute approximate surface area is 191 Å². The van der Waals surface area contributed by atoms with Gasteiger partial charge in [0.1, 0.15) is 18.1 Å².